The molecule has 0 saturated carbocycles. The Labute approximate surface area is 115 Å². The van der Waals surface area contributed by atoms with E-state index in [1.165, 1.54) is 0 Å². The van der Waals surface area contributed by atoms with E-state index in [1.807, 2.05) is 31.0 Å². The average molecular weight is 285 g/mol. The third kappa shape index (κ3) is 3.36. The fourth-order valence-corrected chi connectivity index (χ4v) is 4.96. The zero-order chi connectivity index (χ0) is 13.9. The molecule has 1 N–H and O–H groups in total. The molecule has 0 spiro atoms. The van der Waals surface area contributed by atoms with Gasteiger partial charge in [0.25, 0.3) is 0 Å². The van der Waals surface area contributed by atoms with Gasteiger partial charge in [0.15, 0.2) is 9.84 Å². The molecule has 2 unspecified atom stereocenters. The molecule has 0 radical (unpaired) electrons. The lowest BCUT2D eigenvalue weighted by molar-refractivity contribution is 0.456. The maximum atomic E-state index is 12.2. The molecule has 2 heterocycles. The second kappa shape index (κ2) is 6.05. The lowest BCUT2D eigenvalue weighted by atomic mass is 10.0. The number of likely N-dealkylation sites (N-methyl/N-ethyl adjacent to an activating group) is 1. The van der Waals surface area contributed by atoms with E-state index in [9.17, 15) is 8.42 Å². The molecule has 0 aliphatic carbocycles. The number of hydrogen-bond donors (Lipinski definition) is 1. The summed E-state index contributed by atoms with van der Waals surface area (Å²) >= 11 is 0. The van der Waals surface area contributed by atoms with Crippen LogP contribution in [0.2, 0.25) is 0 Å². The van der Waals surface area contributed by atoms with E-state index in [0.29, 0.717) is 5.75 Å². The number of sulfone groups is 1. The summed E-state index contributed by atoms with van der Waals surface area (Å²) in [5.74, 6) is 0.337. The Hall–Kier alpha value is -0.880. The SMILES string of the molecule is CCn1cc(CC(NC)C2CCCCS2(=O)=O)cn1. The summed E-state index contributed by atoms with van der Waals surface area (Å²) in [7, 11) is -1.10. The van der Waals surface area contributed by atoms with E-state index in [4.69, 9.17) is 0 Å². The zero-order valence-electron chi connectivity index (χ0n) is 11.7. The normalized spacial score (nSPS) is 24.2. The minimum atomic E-state index is -2.94. The lowest BCUT2D eigenvalue weighted by Crippen LogP contribution is -2.46. The number of nitrogens with one attached hydrogen (secondary N) is 1. The van der Waals surface area contributed by atoms with E-state index in [2.05, 4.69) is 10.4 Å². The fraction of sp³-hybridized carbons (Fsp3) is 0.769. The van der Waals surface area contributed by atoms with E-state index in [1.54, 1.807) is 0 Å². The van der Waals surface area contributed by atoms with E-state index in [-0.39, 0.29) is 11.3 Å². The number of aromatic nitrogens is 2. The summed E-state index contributed by atoms with van der Waals surface area (Å²) in [6.45, 7) is 2.88. The van der Waals surface area contributed by atoms with E-state index in [0.717, 1.165) is 37.8 Å². The van der Waals surface area contributed by atoms with Crippen molar-refractivity contribution < 1.29 is 8.42 Å². The van der Waals surface area contributed by atoms with Crippen molar-refractivity contribution in [3.05, 3.63) is 18.0 Å². The first-order valence-electron chi connectivity index (χ1n) is 6.97. The standard InChI is InChI=1S/C13H23N3O2S/c1-3-16-10-11(9-15-16)8-12(14-2)13-6-4-5-7-19(13,17)18/h9-10,12-14H,3-8H2,1-2H3. The molecule has 1 aromatic heterocycles. The van der Waals surface area contributed by atoms with Crippen LogP contribution in [0.25, 0.3) is 0 Å². The Morgan fingerprint density at radius 3 is 2.89 bits per heavy atom. The van der Waals surface area contributed by atoms with Crippen LogP contribution >= 0.6 is 0 Å². The first-order chi connectivity index (χ1) is 9.06. The van der Waals surface area contributed by atoms with Crippen molar-refractivity contribution in [3.63, 3.8) is 0 Å². The van der Waals surface area contributed by atoms with Crippen LogP contribution in [0.15, 0.2) is 12.4 Å². The van der Waals surface area contributed by atoms with Crippen LogP contribution < -0.4 is 5.32 Å². The molecule has 2 atom stereocenters. The maximum absolute atomic E-state index is 12.2. The van der Waals surface area contributed by atoms with Crippen LogP contribution in [-0.2, 0) is 22.8 Å². The summed E-state index contributed by atoms with van der Waals surface area (Å²) in [6.07, 6.45) is 7.15. The van der Waals surface area contributed by atoms with Gasteiger partial charge in [0.05, 0.1) is 17.2 Å². The number of hydrogen-bond acceptors (Lipinski definition) is 4. The smallest absolute Gasteiger partial charge is 0.154 e. The van der Waals surface area contributed by atoms with Gasteiger partial charge in [0.1, 0.15) is 0 Å². The molecule has 1 saturated heterocycles. The molecule has 0 bridgehead atoms. The Balaban J connectivity index is 2.11. The van der Waals surface area contributed by atoms with Crippen LogP contribution in [0.4, 0.5) is 0 Å². The molecule has 0 aromatic carbocycles. The lowest BCUT2D eigenvalue weighted by Gasteiger charge is -2.29. The van der Waals surface area contributed by atoms with Gasteiger partial charge in [-0.3, -0.25) is 4.68 Å². The van der Waals surface area contributed by atoms with E-state index < -0.39 is 9.84 Å². The molecule has 108 valence electrons. The number of rotatable bonds is 5. The van der Waals surface area contributed by atoms with E-state index >= 15 is 0 Å². The largest absolute Gasteiger partial charge is 0.315 e. The molecular formula is C13H23N3O2S. The van der Waals surface area contributed by atoms with Crippen molar-refractivity contribution in [2.45, 2.75) is 50.4 Å². The zero-order valence-corrected chi connectivity index (χ0v) is 12.5. The molecule has 0 amide bonds. The molecule has 1 fully saturated rings. The quantitative estimate of drug-likeness (QED) is 0.876. The molecule has 6 heteroatoms. The average Bonchev–Trinajstić information content (AvgIpc) is 2.84. The molecule has 1 aliphatic rings. The highest BCUT2D eigenvalue weighted by molar-refractivity contribution is 7.92. The monoisotopic (exact) mass is 285 g/mol. The summed E-state index contributed by atoms with van der Waals surface area (Å²) < 4.78 is 26.2. The third-order valence-corrected chi connectivity index (χ3v) is 6.26. The van der Waals surface area contributed by atoms with Gasteiger partial charge in [0, 0.05) is 18.8 Å². The predicted molar refractivity (Wildman–Crippen MR) is 75.9 cm³/mol. The van der Waals surface area contributed by atoms with Gasteiger partial charge in [-0.2, -0.15) is 5.10 Å². The molecule has 19 heavy (non-hydrogen) atoms. The van der Waals surface area contributed by atoms with Crippen molar-refractivity contribution in [3.8, 4) is 0 Å². The van der Waals surface area contributed by atoms with Gasteiger partial charge in [-0.1, -0.05) is 6.42 Å². The second-order valence-electron chi connectivity index (χ2n) is 5.20. The highest BCUT2D eigenvalue weighted by Crippen LogP contribution is 2.24. The summed E-state index contributed by atoms with van der Waals surface area (Å²) in [5, 5.41) is 7.18. The summed E-state index contributed by atoms with van der Waals surface area (Å²) in [4.78, 5) is 0. The number of nitrogens with zero attached hydrogens (tertiary/aromatic N) is 2. The Morgan fingerprint density at radius 2 is 2.32 bits per heavy atom. The van der Waals surface area contributed by atoms with Gasteiger partial charge in [-0.05, 0) is 38.8 Å². The molecule has 1 aliphatic heterocycles. The second-order valence-corrected chi connectivity index (χ2v) is 7.54. The van der Waals surface area contributed by atoms with Crippen molar-refractivity contribution in [1.29, 1.82) is 0 Å². The predicted octanol–water partition coefficient (Wildman–Crippen LogP) is 1.00. The maximum Gasteiger partial charge on any atom is 0.154 e. The number of aryl methyl sites for hydroxylation is 1. The van der Waals surface area contributed by atoms with Crippen molar-refractivity contribution >= 4 is 9.84 Å². The molecule has 1 aromatic rings. The van der Waals surface area contributed by atoms with Gasteiger partial charge < -0.3 is 5.32 Å². The van der Waals surface area contributed by atoms with Crippen LogP contribution in [0.3, 0.4) is 0 Å². The fourth-order valence-electron chi connectivity index (χ4n) is 2.79. The Morgan fingerprint density at radius 1 is 1.53 bits per heavy atom. The van der Waals surface area contributed by atoms with Gasteiger partial charge >= 0.3 is 0 Å². The van der Waals surface area contributed by atoms with Gasteiger partial charge in [0.2, 0.25) is 0 Å². The summed E-state index contributed by atoms with van der Waals surface area (Å²) in [6, 6.07) is -0.0141. The van der Waals surface area contributed by atoms with Gasteiger partial charge in [-0.15, -0.1) is 0 Å². The van der Waals surface area contributed by atoms with Crippen LogP contribution in [0.5, 0.6) is 0 Å². The topological polar surface area (TPSA) is 64.0 Å². The first-order valence-corrected chi connectivity index (χ1v) is 8.68. The Kier molecular flexibility index (Phi) is 4.62. The Bertz CT molecular complexity index is 510. The highest BCUT2D eigenvalue weighted by Gasteiger charge is 2.34. The molecular weight excluding hydrogens is 262 g/mol. The molecule has 2 rings (SSSR count). The van der Waals surface area contributed by atoms with Gasteiger partial charge in [-0.25, -0.2) is 8.42 Å². The van der Waals surface area contributed by atoms with Crippen LogP contribution in [0, 0.1) is 0 Å². The summed E-state index contributed by atoms with van der Waals surface area (Å²) in [5.41, 5.74) is 1.10. The highest BCUT2D eigenvalue weighted by atomic mass is 32.2. The minimum Gasteiger partial charge on any atom is -0.315 e. The van der Waals surface area contributed by atoms with Crippen molar-refractivity contribution in [1.82, 2.24) is 15.1 Å². The van der Waals surface area contributed by atoms with Crippen molar-refractivity contribution in [2.75, 3.05) is 12.8 Å². The molecule has 5 nitrogen and oxygen atoms in total. The first kappa shape index (κ1) is 14.5. The minimum absolute atomic E-state index is 0.0141. The van der Waals surface area contributed by atoms with Crippen LogP contribution in [-0.4, -0.2) is 42.3 Å². The van der Waals surface area contributed by atoms with Crippen molar-refractivity contribution in [2.24, 2.45) is 0 Å². The van der Waals surface area contributed by atoms with Crippen LogP contribution in [0.1, 0.15) is 31.7 Å². The third-order valence-electron chi connectivity index (χ3n) is 3.91.